The molecule has 33 heavy (non-hydrogen) atoms. The first kappa shape index (κ1) is 31.6. The maximum absolute atomic E-state index is 10.4. The monoisotopic (exact) mass is 466 g/mol. The Hall–Kier alpha value is -1.43. The van der Waals surface area contributed by atoms with E-state index in [1.54, 1.807) is 18.2 Å². The summed E-state index contributed by atoms with van der Waals surface area (Å²) in [4.78, 5) is 10.4. The highest BCUT2D eigenvalue weighted by molar-refractivity contribution is 5.66. The van der Waals surface area contributed by atoms with Crippen molar-refractivity contribution in [3.05, 3.63) is 36.5 Å². The van der Waals surface area contributed by atoms with Crippen LogP contribution in [0.2, 0.25) is 0 Å². The first-order chi connectivity index (χ1) is 16.0. The van der Waals surface area contributed by atoms with E-state index in [1.165, 1.54) is 57.8 Å². The van der Waals surface area contributed by atoms with Crippen molar-refractivity contribution in [2.45, 2.75) is 134 Å². The van der Waals surface area contributed by atoms with Crippen molar-refractivity contribution < 1.29 is 25.2 Å². The van der Waals surface area contributed by atoms with E-state index in [-0.39, 0.29) is 18.9 Å². The van der Waals surface area contributed by atoms with Crippen LogP contribution in [-0.2, 0) is 4.79 Å². The molecule has 0 aromatic heterocycles. The molecule has 0 heterocycles. The number of aliphatic carboxylic acids is 1. The lowest BCUT2D eigenvalue weighted by atomic mass is 10.0. The number of rotatable bonds is 23. The fourth-order valence-corrected chi connectivity index (χ4v) is 3.64. The summed E-state index contributed by atoms with van der Waals surface area (Å²) in [5.74, 6) is -0.835. The Labute approximate surface area is 202 Å². The summed E-state index contributed by atoms with van der Waals surface area (Å²) in [6.07, 6.45) is 25.8. The first-order valence-electron chi connectivity index (χ1n) is 13.2. The van der Waals surface area contributed by atoms with Crippen LogP contribution in [0.25, 0.3) is 0 Å². The number of hydrogen-bond acceptors (Lipinski definition) is 4. The van der Waals surface area contributed by atoms with Gasteiger partial charge in [0.1, 0.15) is 0 Å². The van der Waals surface area contributed by atoms with E-state index in [0.29, 0.717) is 25.7 Å². The minimum absolute atomic E-state index is 0.0843. The lowest BCUT2D eigenvalue weighted by molar-refractivity contribution is -0.136. The van der Waals surface area contributed by atoms with E-state index < -0.39 is 18.2 Å². The van der Waals surface area contributed by atoms with Crippen LogP contribution in [0.15, 0.2) is 36.5 Å². The topological polar surface area (TPSA) is 98.0 Å². The summed E-state index contributed by atoms with van der Waals surface area (Å²) in [5.41, 5.74) is 0. The van der Waals surface area contributed by atoms with Crippen LogP contribution >= 0.6 is 0 Å². The van der Waals surface area contributed by atoms with E-state index >= 15 is 0 Å². The van der Waals surface area contributed by atoms with Gasteiger partial charge in [-0.05, 0) is 57.8 Å². The molecule has 0 aromatic carbocycles. The molecule has 192 valence electrons. The van der Waals surface area contributed by atoms with Gasteiger partial charge in [-0.3, -0.25) is 4.79 Å². The number of aliphatic hydroxyl groups is 3. The zero-order valence-electron chi connectivity index (χ0n) is 20.9. The molecule has 5 heteroatoms. The number of allylic oxidation sites excluding steroid dienone is 4. The van der Waals surface area contributed by atoms with Crippen LogP contribution in [0, 0.1) is 0 Å². The fourth-order valence-electron chi connectivity index (χ4n) is 3.64. The Morgan fingerprint density at radius 1 is 0.697 bits per heavy atom. The average molecular weight is 467 g/mol. The largest absolute Gasteiger partial charge is 0.481 e. The van der Waals surface area contributed by atoms with Gasteiger partial charge in [-0.1, -0.05) is 81.9 Å². The molecular weight excluding hydrogens is 416 g/mol. The summed E-state index contributed by atoms with van der Waals surface area (Å²) in [7, 11) is 0. The number of carboxylic acids is 1. The molecule has 0 aromatic rings. The van der Waals surface area contributed by atoms with Crippen molar-refractivity contribution in [1.82, 2.24) is 0 Å². The highest BCUT2D eigenvalue weighted by Gasteiger charge is 2.08. The third kappa shape index (κ3) is 25.0. The van der Waals surface area contributed by atoms with Crippen LogP contribution in [0.5, 0.6) is 0 Å². The minimum atomic E-state index is -0.835. The van der Waals surface area contributed by atoms with Crippen LogP contribution in [0.1, 0.15) is 116 Å². The zero-order chi connectivity index (χ0) is 24.6. The van der Waals surface area contributed by atoms with Crippen molar-refractivity contribution in [3.8, 4) is 0 Å². The molecule has 0 aliphatic heterocycles. The van der Waals surface area contributed by atoms with Gasteiger partial charge in [0, 0.05) is 12.8 Å². The SMILES string of the molecule is CCCCC/C=C\CCCCCCCC(O)CC/C=C/C(O)CC(O)C/C=C\CCC(=O)O. The van der Waals surface area contributed by atoms with Crippen LogP contribution in [0.4, 0.5) is 0 Å². The second-order valence-electron chi connectivity index (χ2n) is 9.07. The Morgan fingerprint density at radius 2 is 1.33 bits per heavy atom. The molecule has 0 amide bonds. The van der Waals surface area contributed by atoms with Crippen LogP contribution in [0.3, 0.4) is 0 Å². The summed E-state index contributed by atoms with van der Waals surface area (Å²) < 4.78 is 0. The normalized spacial score (nSPS) is 15.0. The molecule has 0 radical (unpaired) electrons. The highest BCUT2D eigenvalue weighted by atomic mass is 16.4. The highest BCUT2D eigenvalue weighted by Crippen LogP contribution is 2.13. The Kier molecular flexibility index (Phi) is 22.7. The fraction of sp³-hybridized carbons (Fsp3) is 0.750. The molecule has 3 atom stereocenters. The molecule has 0 saturated carbocycles. The third-order valence-electron chi connectivity index (χ3n) is 5.69. The number of aliphatic hydroxyl groups excluding tert-OH is 3. The molecule has 0 aliphatic carbocycles. The zero-order valence-corrected chi connectivity index (χ0v) is 20.9. The standard InChI is InChI=1S/C28H50O5/c1-2-3-4-5-6-7-8-9-10-11-12-14-19-25(29)20-17-18-22-27(31)24-26(30)21-15-13-16-23-28(32)33/h6-7,13,15,18,22,25-27,29-31H,2-5,8-12,14,16-17,19-21,23-24H2,1H3,(H,32,33)/b7-6-,15-13-,22-18+. The van der Waals surface area contributed by atoms with Crippen molar-refractivity contribution in [1.29, 1.82) is 0 Å². The van der Waals surface area contributed by atoms with Gasteiger partial charge in [-0.15, -0.1) is 0 Å². The van der Waals surface area contributed by atoms with Crippen molar-refractivity contribution >= 4 is 5.97 Å². The minimum Gasteiger partial charge on any atom is -0.481 e. The molecule has 0 rings (SSSR count). The predicted octanol–water partition coefficient (Wildman–Crippen LogP) is 6.47. The van der Waals surface area contributed by atoms with Gasteiger partial charge in [0.2, 0.25) is 0 Å². The maximum atomic E-state index is 10.4. The summed E-state index contributed by atoms with van der Waals surface area (Å²) >= 11 is 0. The molecule has 0 aliphatic rings. The lowest BCUT2D eigenvalue weighted by Crippen LogP contribution is -2.15. The summed E-state index contributed by atoms with van der Waals surface area (Å²) in [6, 6.07) is 0. The second kappa shape index (κ2) is 23.7. The van der Waals surface area contributed by atoms with Gasteiger partial charge in [0.05, 0.1) is 18.3 Å². The lowest BCUT2D eigenvalue weighted by Gasteiger charge is -2.11. The van der Waals surface area contributed by atoms with Crippen molar-refractivity contribution in [3.63, 3.8) is 0 Å². The Balaban J connectivity index is 3.60. The number of unbranched alkanes of at least 4 members (excludes halogenated alkanes) is 8. The summed E-state index contributed by atoms with van der Waals surface area (Å²) in [6.45, 7) is 2.23. The van der Waals surface area contributed by atoms with E-state index in [4.69, 9.17) is 5.11 Å². The maximum Gasteiger partial charge on any atom is 0.303 e. The number of hydrogen-bond donors (Lipinski definition) is 4. The third-order valence-corrected chi connectivity index (χ3v) is 5.69. The van der Waals surface area contributed by atoms with Gasteiger partial charge in [-0.2, -0.15) is 0 Å². The van der Waals surface area contributed by atoms with E-state index in [9.17, 15) is 20.1 Å². The van der Waals surface area contributed by atoms with Gasteiger partial charge < -0.3 is 20.4 Å². The van der Waals surface area contributed by atoms with E-state index in [1.807, 2.05) is 6.08 Å². The molecule has 5 nitrogen and oxygen atoms in total. The Morgan fingerprint density at radius 3 is 2.03 bits per heavy atom. The van der Waals surface area contributed by atoms with Crippen LogP contribution < -0.4 is 0 Å². The predicted molar refractivity (Wildman–Crippen MR) is 137 cm³/mol. The number of carbonyl (C=O) groups is 1. The van der Waals surface area contributed by atoms with Gasteiger partial charge in [0.15, 0.2) is 0 Å². The molecule has 0 saturated heterocycles. The van der Waals surface area contributed by atoms with E-state index in [0.717, 1.165) is 12.8 Å². The quantitative estimate of drug-likeness (QED) is 0.102. The van der Waals surface area contributed by atoms with Crippen LogP contribution in [-0.4, -0.2) is 44.7 Å². The molecule has 0 bridgehead atoms. The van der Waals surface area contributed by atoms with Gasteiger partial charge in [-0.25, -0.2) is 0 Å². The molecule has 3 unspecified atom stereocenters. The smallest absolute Gasteiger partial charge is 0.303 e. The Bertz CT molecular complexity index is 526. The average Bonchev–Trinajstić information content (AvgIpc) is 2.77. The molecule has 0 spiro atoms. The molecule has 4 N–H and O–H groups in total. The van der Waals surface area contributed by atoms with Crippen molar-refractivity contribution in [2.75, 3.05) is 0 Å². The first-order valence-corrected chi connectivity index (χ1v) is 13.2. The van der Waals surface area contributed by atoms with Gasteiger partial charge in [0.25, 0.3) is 0 Å². The number of carboxylic acid groups (broad SMARTS) is 1. The second-order valence-corrected chi connectivity index (χ2v) is 9.07. The summed E-state index contributed by atoms with van der Waals surface area (Å²) in [5, 5.41) is 38.5. The molecule has 0 fully saturated rings. The van der Waals surface area contributed by atoms with E-state index in [2.05, 4.69) is 19.1 Å². The van der Waals surface area contributed by atoms with Crippen molar-refractivity contribution in [2.24, 2.45) is 0 Å². The van der Waals surface area contributed by atoms with Gasteiger partial charge >= 0.3 is 5.97 Å². The molecular formula is C28H50O5.